The van der Waals surface area contributed by atoms with Gasteiger partial charge >= 0.3 is 5.97 Å². The first-order valence-electron chi connectivity index (χ1n) is 9.91. The van der Waals surface area contributed by atoms with Gasteiger partial charge in [0.15, 0.2) is 17.7 Å². The molecule has 11 nitrogen and oxygen atoms in total. The summed E-state index contributed by atoms with van der Waals surface area (Å²) in [6, 6.07) is 11.0. The molecule has 11 heteroatoms. The van der Waals surface area contributed by atoms with E-state index in [-0.39, 0.29) is 52.6 Å². The fraction of sp³-hybridized carbons (Fsp3) is 0.174. The first-order valence-corrected chi connectivity index (χ1v) is 9.91. The van der Waals surface area contributed by atoms with E-state index in [2.05, 4.69) is 0 Å². The Kier molecular flexibility index (Phi) is 6.48. The van der Waals surface area contributed by atoms with Crippen LogP contribution in [0.15, 0.2) is 67.0 Å². The molecular formula is C23H18O11. The van der Waals surface area contributed by atoms with Crippen molar-refractivity contribution in [2.75, 3.05) is 20.0 Å². The van der Waals surface area contributed by atoms with Gasteiger partial charge in [-0.05, 0) is 24.3 Å². The maximum atomic E-state index is 12.4. The van der Waals surface area contributed by atoms with Gasteiger partial charge in [0, 0.05) is 6.07 Å². The van der Waals surface area contributed by atoms with Crippen LogP contribution in [0.1, 0.15) is 10.6 Å². The topological polar surface area (TPSA) is 166 Å². The molecule has 2 aromatic carbocycles. The van der Waals surface area contributed by atoms with Gasteiger partial charge in [-0.15, -0.1) is 0 Å². The van der Waals surface area contributed by atoms with E-state index < -0.39 is 35.5 Å². The predicted molar refractivity (Wildman–Crippen MR) is 117 cm³/mol. The molecule has 0 saturated heterocycles. The Morgan fingerprint density at radius 2 is 1.41 bits per heavy atom. The van der Waals surface area contributed by atoms with Crippen LogP contribution in [0.25, 0.3) is 21.9 Å². The summed E-state index contributed by atoms with van der Waals surface area (Å²) in [7, 11) is 0. The van der Waals surface area contributed by atoms with E-state index in [1.807, 2.05) is 0 Å². The number of aliphatic hydroxyl groups is 2. The van der Waals surface area contributed by atoms with E-state index in [0.29, 0.717) is 0 Å². The van der Waals surface area contributed by atoms with E-state index in [9.17, 15) is 19.5 Å². The average molecular weight is 470 g/mol. The molecule has 4 rings (SSSR count). The van der Waals surface area contributed by atoms with Crippen LogP contribution in [0.5, 0.6) is 17.4 Å². The molecule has 3 N–H and O–H groups in total. The third kappa shape index (κ3) is 4.70. The summed E-state index contributed by atoms with van der Waals surface area (Å²) in [5.74, 6) is -1.77. The highest BCUT2D eigenvalue weighted by Gasteiger charge is 2.16. The van der Waals surface area contributed by atoms with Crippen molar-refractivity contribution >= 4 is 27.9 Å². The third-order valence-electron chi connectivity index (χ3n) is 4.69. The number of aliphatic hydroxyl groups excluding tert-OH is 2. The largest absolute Gasteiger partial charge is 0.490 e. The predicted octanol–water partition coefficient (Wildman–Crippen LogP) is 1.74. The van der Waals surface area contributed by atoms with Crippen molar-refractivity contribution in [2.24, 2.45) is 0 Å². The molecule has 0 aliphatic carbocycles. The van der Waals surface area contributed by atoms with Crippen molar-refractivity contribution in [1.29, 1.82) is 0 Å². The van der Waals surface area contributed by atoms with Crippen LogP contribution in [0.4, 0.5) is 0 Å². The Labute approximate surface area is 189 Å². The van der Waals surface area contributed by atoms with E-state index in [1.54, 1.807) is 6.07 Å². The van der Waals surface area contributed by atoms with Crippen LogP contribution in [-0.2, 0) is 0 Å². The number of benzene rings is 2. The fourth-order valence-corrected chi connectivity index (χ4v) is 3.23. The summed E-state index contributed by atoms with van der Waals surface area (Å²) in [6.07, 6.45) is -1.15. The number of ether oxygens (including phenoxy) is 3. The Morgan fingerprint density at radius 3 is 1.97 bits per heavy atom. The monoisotopic (exact) mass is 470 g/mol. The maximum absolute atomic E-state index is 12.4. The lowest BCUT2D eigenvalue weighted by molar-refractivity contribution is 0.0635. The summed E-state index contributed by atoms with van der Waals surface area (Å²) >= 11 is 0. The standard InChI is InChI=1S/C23H18O11/c24-11-32-20-8-14(27)22-16(4-2-6-18(22)34-20)31-10-12(25)9-30-15-3-1-5-17-21(15)13(26)7-19(33-17)23(28)29/h1-8,12,24-25H,9-11H2,(H,28,29). The Morgan fingerprint density at radius 1 is 0.853 bits per heavy atom. The zero-order valence-electron chi connectivity index (χ0n) is 17.4. The summed E-state index contributed by atoms with van der Waals surface area (Å²) in [5.41, 5.74) is -0.871. The van der Waals surface area contributed by atoms with Crippen molar-refractivity contribution in [3.63, 3.8) is 0 Å². The first-order chi connectivity index (χ1) is 16.4. The second-order valence-electron chi connectivity index (χ2n) is 7.02. The number of carbonyl (C=O) groups is 1. The molecule has 176 valence electrons. The maximum Gasteiger partial charge on any atom is 0.371 e. The number of fused-ring (bicyclic) bond motifs is 2. The molecule has 4 aromatic rings. The van der Waals surface area contributed by atoms with Gasteiger partial charge in [0.25, 0.3) is 5.95 Å². The van der Waals surface area contributed by atoms with Gasteiger partial charge in [0.1, 0.15) is 52.8 Å². The average Bonchev–Trinajstić information content (AvgIpc) is 2.81. The molecule has 1 unspecified atom stereocenters. The molecule has 2 aromatic heterocycles. The number of hydrogen-bond donors (Lipinski definition) is 3. The summed E-state index contributed by atoms with van der Waals surface area (Å²) < 4.78 is 26.5. The van der Waals surface area contributed by atoms with Gasteiger partial charge in [-0.1, -0.05) is 12.1 Å². The van der Waals surface area contributed by atoms with Crippen molar-refractivity contribution in [3.05, 3.63) is 74.7 Å². The van der Waals surface area contributed by atoms with E-state index in [0.717, 1.165) is 12.1 Å². The van der Waals surface area contributed by atoms with Gasteiger partial charge in [0.2, 0.25) is 5.76 Å². The lowest BCUT2D eigenvalue weighted by atomic mass is 10.2. The van der Waals surface area contributed by atoms with Gasteiger partial charge in [-0.25, -0.2) is 4.79 Å². The molecule has 0 fully saturated rings. The van der Waals surface area contributed by atoms with E-state index in [4.69, 9.17) is 33.3 Å². The Bertz CT molecular complexity index is 1470. The SMILES string of the molecule is O=C(O)c1cc(=O)c2c(OCC(O)COc3cccc4oc(OCO)cc(=O)c34)cccc2o1. The molecule has 0 saturated carbocycles. The minimum Gasteiger partial charge on any atom is -0.490 e. The van der Waals surface area contributed by atoms with Gasteiger partial charge < -0.3 is 38.4 Å². The highest BCUT2D eigenvalue weighted by molar-refractivity contribution is 5.89. The van der Waals surface area contributed by atoms with Crippen LogP contribution in [0, 0.1) is 0 Å². The van der Waals surface area contributed by atoms with Crippen LogP contribution in [0.3, 0.4) is 0 Å². The Hall–Kier alpha value is -4.35. The molecule has 2 heterocycles. The summed E-state index contributed by atoms with van der Waals surface area (Å²) in [4.78, 5) is 35.8. The molecule has 0 aliphatic heterocycles. The molecule has 0 aliphatic rings. The third-order valence-corrected chi connectivity index (χ3v) is 4.69. The molecule has 34 heavy (non-hydrogen) atoms. The van der Waals surface area contributed by atoms with E-state index in [1.165, 1.54) is 30.3 Å². The molecule has 0 bridgehead atoms. The highest BCUT2D eigenvalue weighted by atomic mass is 16.6. The lowest BCUT2D eigenvalue weighted by Gasteiger charge is -2.15. The number of aromatic carboxylic acids is 1. The van der Waals surface area contributed by atoms with Crippen LogP contribution >= 0.6 is 0 Å². The quantitative estimate of drug-likeness (QED) is 0.305. The molecular weight excluding hydrogens is 452 g/mol. The minimum absolute atomic E-state index is 0.0279. The van der Waals surface area contributed by atoms with Crippen molar-refractivity contribution in [1.82, 2.24) is 0 Å². The summed E-state index contributed by atoms with van der Waals surface area (Å²) in [6.45, 7) is -1.18. The number of hydrogen-bond acceptors (Lipinski definition) is 10. The Balaban J connectivity index is 1.47. The summed E-state index contributed by atoms with van der Waals surface area (Å²) in [5, 5.41) is 28.3. The van der Waals surface area contributed by atoms with Crippen molar-refractivity contribution < 1.29 is 43.2 Å². The van der Waals surface area contributed by atoms with Crippen LogP contribution in [-0.4, -0.2) is 47.4 Å². The lowest BCUT2D eigenvalue weighted by Crippen LogP contribution is -2.25. The highest BCUT2D eigenvalue weighted by Crippen LogP contribution is 2.26. The number of rotatable bonds is 9. The fourth-order valence-electron chi connectivity index (χ4n) is 3.23. The molecule has 0 amide bonds. The van der Waals surface area contributed by atoms with Crippen LogP contribution < -0.4 is 25.1 Å². The van der Waals surface area contributed by atoms with Gasteiger partial charge in [0.05, 0.1) is 6.07 Å². The second-order valence-corrected chi connectivity index (χ2v) is 7.02. The minimum atomic E-state index is -1.38. The smallest absolute Gasteiger partial charge is 0.371 e. The first kappa shape index (κ1) is 22.8. The normalized spacial score (nSPS) is 11.9. The number of carboxylic acids is 1. The van der Waals surface area contributed by atoms with Crippen molar-refractivity contribution in [2.45, 2.75) is 6.10 Å². The van der Waals surface area contributed by atoms with Gasteiger partial charge in [-0.2, -0.15) is 0 Å². The zero-order valence-corrected chi connectivity index (χ0v) is 17.4. The molecule has 0 radical (unpaired) electrons. The second kappa shape index (κ2) is 9.65. The van der Waals surface area contributed by atoms with E-state index >= 15 is 0 Å². The number of carboxylic acid groups (broad SMARTS) is 1. The zero-order chi connectivity index (χ0) is 24.2. The molecule has 1 atom stereocenters. The van der Waals surface area contributed by atoms with Gasteiger partial charge in [-0.3, -0.25) is 9.59 Å². The van der Waals surface area contributed by atoms with Crippen LogP contribution in [0.2, 0.25) is 0 Å². The van der Waals surface area contributed by atoms with Crippen molar-refractivity contribution in [3.8, 4) is 17.4 Å². The molecule has 0 spiro atoms.